The average molecular weight is 376 g/mol. The number of nitrogens with zero attached hydrogens (tertiary/aromatic N) is 1. The molecule has 0 aromatic carbocycles. The maximum absolute atomic E-state index is 13.2. The molecule has 1 fully saturated rings. The first-order chi connectivity index (χ1) is 12.2. The fourth-order valence-electron chi connectivity index (χ4n) is 2.86. The number of aromatic nitrogens is 1. The molecule has 26 heavy (non-hydrogen) atoms. The fraction of sp³-hybridized carbons (Fsp3) is 0.533. The van der Waals surface area contributed by atoms with Crippen LogP contribution >= 0.6 is 0 Å². The molecule has 2 atom stereocenters. The number of pyridine rings is 1. The summed E-state index contributed by atoms with van der Waals surface area (Å²) in [4.78, 5) is 26.7. The summed E-state index contributed by atoms with van der Waals surface area (Å²) in [6.45, 7) is 0. The van der Waals surface area contributed by atoms with Gasteiger partial charge in [0, 0.05) is 12.1 Å². The van der Waals surface area contributed by atoms with Crippen LogP contribution < -0.4 is 21.3 Å². The maximum atomic E-state index is 13.2. The lowest BCUT2D eigenvalue weighted by Gasteiger charge is -2.27. The Morgan fingerprint density at radius 2 is 2.08 bits per heavy atom. The van der Waals surface area contributed by atoms with Gasteiger partial charge < -0.3 is 15.2 Å². The highest BCUT2D eigenvalue weighted by atomic mass is 19.4. The molecular formula is C15H19F3N4O4. The number of hydrogen-bond acceptors (Lipinski definition) is 6. The van der Waals surface area contributed by atoms with Crippen molar-refractivity contribution in [2.45, 2.75) is 38.0 Å². The Labute approximate surface area is 147 Å². The van der Waals surface area contributed by atoms with E-state index < -0.39 is 47.3 Å². The second kappa shape index (κ2) is 8.11. The minimum atomic E-state index is -4.72. The topological polar surface area (TPSA) is 116 Å². The summed E-state index contributed by atoms with van der Waals surface area (Å²) < 4.78 is 49.2. The summed E-state index contributed by atoms with van der Waals surface area (Å²) in [6, 6.07) is 1.07. The lowest BCUT2D eigenvalue weighted by atomic mass is 9.87. The van der Waals surface area contributed by atoms with E-state index in [0.717, 1.165) is 19.4 Å². The smallest absolute Gasteiger partial charge is 0.423 e. The van der Waals surface area contributed by atoms with Crippen molar-refractivity contribution >= 4 is 17.8 Å². The quantitative estimate of drug-likeness (QED) is 0.679. The molecule has 1 aromatic heterocycles. The number of hydrogen-bond donors (Lipinski definition) is 3. The minimum Gasteiger partial charge on any atom is -0.496 e. The molecule has 0 aliphatic heterocycles. The fourth-order valence-corrected chi connectivity index (χ4v) is 2.86. The number of alkyl halides is 3. The highest BCUT2D eigenvalue weighted by Gasteiger charge is 2.38. The largest absolute Gasteiger partial charge is 0.496 e. The van der Waals surface area contributed by atoms with Gasteiger partial charge in [-0.05, 0) is 31.7 Å². The number of carbonyl (C=O) groups is 2. The van der Waals surface area contributed by atoms with Crippen molar-refractivity contribution in [3.63, 3.8) is 0 Å². The Bertz CT molecular complexity index is 669. The van der Waals surface area contributed by atoms with Gasteiger partial charge in [-0.1, -0.05) is 0 Å². The van der Waals surface area contributed by atoms with E-state index in [-0.39, 0.29) is 6.42 Å². The molecule has 0 bridgehead atoms. The Hall–Kier alpha value is -2.72. The Balaban J connectivity index is 2.04. The molecule has 0 radical (unpaired) electrons. The Morgan fingerprint density at radius 3 is 2.69 bits per heavy atom. The number of nitrogens with two attached hydrogens (primary N) is 1. The van der Waals surface area contributed by atoms with Crippen molar-refractivity contribution in [1.29, 1.82) is 0 Å². The van der Waals surface area contributed by atoms with Crippen LogP contribution in [-0.2, 0) is 15.7 Å². The lowest BCUT2D eigenvalue weighted by Crippen LogP contribution is -2.40. The van der Waals surface area contributed by atoms with Crippen molar-refractivity contribution in [3.8, 4) is 5.75 Å². The average Bonchev–Trinajstić information content (AvgIpc) is 2.58. The van der Waals surface area contributed by atoms with Gasteiger partial charge in [0.2, 0.25) is 5.91 Å². The van der Waals surface area contributed by atoms with Gasteiger partial charge in [0.25, 0.3) is 0 Å². The van der Waals surface area contributed by atoms with E-state index in [0.29, 0.717) is 19.3 Å². The highest BCUT2D eigenvalue weighted by Crippen LogP contribution is 2.39. The van der Waals surface area contributed by atoms with Crippen LogP contribution in [0, 0.1) is 5.92 Å². The molecule has 144 valence electrons. The molecular weight excluding hydrogens is 357 g/mol. The lowest BCUT2D eigenvalue weighted by molar-refractivity contribution is -0.138. The van der Waals surface area contributed by atoms with Crippen LogP contribution in [0.3, 0.4) is 0 Å². The van der Waals surface area contributed by atoms with Gasteiger partial charge in [0.1, 0.15) is 17.4 Å². The van der Waals surface area contributed by atoms with Crippen LogP contribution in [0.1, 0.15) is 31.2 Å². The summed E-state index contributed by atoms with van der Waals surface area (Å²) in [5.41, 5.74) is 8.27. The highest BCUT2D eigenvalue weighted by molar-refractivity contribution is 5.80. The maximum Gasteiger partial charge on any atom is 0.423 e. The van der Waals surface area contributed by atoms with Gasteiger partial charge in [0.15, 0.2) is 5.82 Å². The van der Waals surface area contributed by atoms with Gasteiger partial charge in [-0.3, -0.25) is 15.6 Å². The summed E-state index contributed by atoms with van der Waals surface area (Å²) in [5, 5.41) is 0. The molecule has 0 saturated heterocycles. The van der Waals surface area contributed by atoms with Gasteiger partial charge in [-0.2, -0.15) is 13.2 Å². The number of nitrogens with one attached hydrogen (secondary N) is 2. The molecule has 0 unspecified atom stereocenters. The standard InChI is InChI=1S/C15H19F3N4O4/c1-25-10-5-6-20-12(11(10)15(16,17)18)21-22-13(23)8-3-2-4-9(7-8)26-14(19)24/h5-6,8-9H,2-4,7H2,1H3,(H2,19,24)(H,20,21)(H,22,23)/t8-,9+/m0/s1. The third kappa shape index (κ3) is 4.90. The summed E-state index contributed by atoms with van der Waals surface area (Å²) in [7, 11) is 1.10. The van der Waals surface area contributed by atoms with E-state index in [1.54, 1.807) is 0 Å². The van der Waals surface area contributed by atoms with E-state index in [4.69, 9.17) is 15.2 Å². The number of ether oxygens (including phenoxy) is 2. The van der Waals surface area contributed by atoms with Crippen molar-refractivity contribution in [2.24, 2.45) is 11.7 Å². The zero-order valence-electron chi connectivity index (χ0n) is 13.9. The molecule has 2 rings (SSSR count). The van der Waals surface area contributed by atoms with E-state index in [1.807, 2.05) is 0 Å². The van der Waals surface area contributed by atoms with Crippen molar-refractivity contribution < 1.29 is 32.2 Å². The molecule has 1 heterocycles. The second-order valence-electron chi connectivity index (χ2n) is 5.77. The SMILES string of the molecule is COc1ccnc(NNC(=O)[C@H]2CCC[C@@H](OC(N)=O)C2)c1C(F)(F)F. The number of halogens is 3. The number of amides is 2. The molecule has 1 saturated carbocycles. The number of methoxy groups -OCH3 is 1. The van der Waals surface area contributed by atoms with Crippen LogP contribution in [0.15, 0.2) is 12.3 Å². The number of anilines is 1. The molecule has 0 spiro atoms. The van der Waals surface area contributed by atoms with Crippen molar-refractivity contribution in [1.82, 2.24) is 10.4 Å². The van der Waals surface area contributed by atoms with Gasteiger partial charge in [-0.25, -0.2) is 9.78 Å². The van der Waals surface area contributed by atoms with Crippen LogP contribution in [0.4, 0.5) is 23.8 Å². The van der Waals surface area contributed by atoms with Gasteiger partial charge in [-0.15, -0.1) is 0 Å². The first kappa shape index (κ1) is 19.6. The van der Waals surface area contributed by atoms with Crippen LogP contribution in [0.5, 0.6) is 5.75 Å². The zero-order chi connectivity index (χ0) is 19.3. The van der Waals surface area contributed by atoms with E-state index in [1.165, 1.54) is 0 Å². The van der Waals surface area contributed by atoms with E-state index >= 15 is 0 Å². The van der Waals surface area contributed by atoms with Crippen molar-refractivity contribution in [2.75, 3.05) is 12.5 Å². The molecule has 8 nitrogen and oxygen atoms in total. The summed E-state index contributed by atoms with van der Waals surface area (Å²) in [6.07, 6.45) is -3.05. The first-order valence-corrected chi connectivity index (χ1v) is 7.84. The third-order valence-corrected chi connectivity index (χ3v) is 4.00. The normalized spacial score (nSPS) is 20.2. The minimum absolute atomic E-state index is 0.244. The first-order valence-electron chi connectivity index (χ1n) is 7.84. The Morgan fingerprint density at radius 1 is 1.35 bits per heavy atom. The van der Waals surface area contributed by atoms with Crippen molar-refractivity contribution in [3.05, 3.63) is 17.8 Å². The van der Waals surface area contributed by atoms with E-state index in [2.05, 4.69) is 15.8 Å². The van der Waals surface area contributed by atoms with Crippen LogP contribution in [0.2, 0.25) is 0 Å². The molecule has 2 amide bonds. The predicted octanol–water partition coefficient (Wildman–Crippen LogP) is 2.21. The third-order valence-electron chi connectivity index (χ3n) is 4.00. The van der Waals surface area contributed by atoms with Gasteiger partial charge in [0.05, 0.1) is 7.11 Å². The predicted molar refractivity (Wildman–Crippen MR) is 84.0 cm³/mol. The van der Waals surface area contributed by atoms with Gasteiger partial charge >= 0.3 is 12.3 Å². The molecule has 1 aliphatic carbocycles. The van der Waals surface area contributed by atoms with Crippen LogP contribution in [-0.4, -0.2) is 30.2 Å². The number of hydrazine groups is 1. The number of carbonyl (C=O) groups excluding carboxylic acids is 2. The number of primary amides is 1. The Kier molecular flexibility index (Phi) is 6.11. The molecule has 4 N–H and O–H groups in total. The summed E-state index contributed by atoms with van der Waals surface area (Å²) >= 11 is 0. The molecule has 1 aliphatic rings. The molecule has 1 aromatic rings. The molecule has 11 heteroatoms. The number of rotatable bonds is 5. The monoisotopic (exact) mass is 376 g/mol. The second-order valence-corrected chi connectivity index (χ2v) is 5.77. The van der Waals surface area contributed by atoms with Crippen LogP contribution in [0.25, 0.3) is 0 Å². The summed E-state index contributed by atoms with van der Waals surface area (Å²) in [5.74, 6) is -2.05. The van der Waals surface area contributed by atoms with E-state index in [9.17, 15) is 22.8 Å². The zero-order valence-corrected chi connectivity index (χ0v) is 13.9.